The maximum Gasteiger partial charge on any atom is 0.255 e. The van der Waals surface area contributed by atoms with Crippen molar-refractivity contribution in [2.45, 2.75) is 183 Å². The second kappa shape index (κ2) is 50.9. The summed E-state index contributed by atoms with van der Waals surface area (Å²) in [6.07, 6.45) is -16.9. The molecule has 0 aliphatic carbocycles. The highest BCUT2D eigenvalue weighted by Gasteiger charge is 2.58. The number of hydrogen-bond donors (Lipinski definition) is 1. The van der Waals surface area contributed by atoms with Crippen molar-refractivity contribution >= 4 is 11.8 Å². The molecule has 20 heteroatoms. The zero-order valence-electron chi connectivity index (χ0n) is 75.5. The van der Waals surface area contributed by atoms with E-state index in [0.717, 1.165) is 66.8 Å². The lowest BCUT2D eigenvalue weighted by Crippen LogP contribution is -2.71. The van der Waals surface area contributed by atoms with Crippen molar-refractivity contribution in [1.29, 1.82) is 0 Å². The van der Waals surface area contributed by atoms with Crippen LogP contribution < -0.4 is 10.1 Å². The first-order valence-electron chi connectivity index (χ1n) is 46.2. The number of rotatable bonds is 48. The van der Waals surface area contributed by atoms with Gasteiger partial charge in [0.1, 0.15) is 97.2 Å². The molecular weight excluding hydrogens is 1690 g/mol. The Bertz CT molecular complexity index is 5500. The average molecular weight is 1800 g/mol. The fourth-order valence-corrected chi connectivity index (χ4v) is 17.3. The molecule has 3 aliphatic rings. The lowest BCUT2D eigenvalue weighted by Gasteiger charge is -2.51. The fraction of sp³-hybridized carbons (Fsp3) is 0.298. The molecule has 16 rings (SSSR count). The van der Waals surface area contributed by atoms with E-state index >= 15 is 9.59 Å². The number of nitrogens with one attached hydrogen (secondary N) is 1. The van der Waals surface area contributed by atoms with Crippen LogP contribution in [0, 0.1) is 0 Å². The van der Waals surface area contributed by atoms with Crippen LogP contribution in [0.3, 0.4) is 0 Å². The van der Waals surface area contributed by atoms with E-state index in [9.17, 15) is 0 Å². The third-order valence-corrected chi connectivity index (χ3v) is 24.2. The maximum absolute atomic E-state index is 18.6. The van der Waals surface area contributed by atoms with Crippen molar-refractivity contribution < 1.29 is 85.4 Å². The standard InChI is InChI=1S/C114H118N2O18/c1-119-96-64-62-83(63-65-96)67-116(114(118)112-111(131-79-95-60-36-13-37-61-95)109(129-77-93-56-32-11-33-57-93)105(126-74-90-50-26-8-27-51-90)100(134-112)82-122-70-86-42-18-4-19-43-86)101(106-110(130-78-94-58-34-12-35-59-94)108(128-76-92-54-30-10-31-55-92)104(125-73-89-48-24-7-25-49-89)99(133-106)81-121-69-85-40-16-3-17-41-85)113(117)115-66-97-102(123-71-87-44-20-5-21-45-87)107(127-75-91-52-28-9-29-53-91)103(124-72-88-46-22-6-23-47-88)98(132-97)80-120-68-84-38-14-2-15-39-84/h2-65,97-112H,66-82H2,1H3,(H,115,117)/t97-,98+,99+,100+,101?,102-,103+,104+,105+,106-,107+,108-,109-,110-,111+,112+/m0/s1. The van der Waals surface area contributed by atoms with Gasteiger partial charge in [0.05, 0.1) is 106 Å². The Labute approximate surface area is 786 Å². The van der Waals surface area contributed by atoms with Crippen LogP contribution in [0.4, 0.5) is 0 Å². The molecule has 3 fully saturated rings. The lowest BCUT2D eigenvalue weighted by atomic mass is 9.87. The van der Waals surface area contributed by atoms with Gasteiger partial charge in [0, 0.05) is 13.1 Å². The van der Waals surface area contributed by atoms with Crippen LogP contribution in [0.15, 0.2) is 388 Å². The summed E-state index contributed by atoms with van der Waals surface area (Å²) in [5.74, 6) is -0.853. The molecule has 0 radical (unpaired) electrons. The lowest BCUT2D eigenvalue weighted by molar-refractivity contribution is -0.284. The summed E-state index contributed by atoms with van der Waals surface area (Å²) >= 11 is 0. The number of benzene rings is 13. The summed E-state index contributed by atoms with van der Waals surface area (Å²) in [4.78, 5) is 38.4. The van der Waals surface area contributed by atoms with Crippen molar-refractivity contribution in [1.82, 2.24) is 10.2 Å². The van der Waals surface area contributed by atoms with Crippen LogP contribution in [-0.2, 0) is 166 Å². The third kappa shape index (κ3) is 27.6. The molecule has 0 aromatic heterocycles. The molecule has 692 valence electrons. The number of hydrogen-bond acceptors (Lipinski definition) is 18. The van der Waals surface area contributed by atoms with Gasteiger partial charge in [-0.25, -0.2) is 0 Å². The number of nitrogens with zero attached hydrogens (tertiary/aromatic N) is 1. The first-order valence-corrected chi connectivity index (χ1v) is 46.2. The van der Waals surface area contributed by atoms with Gasteiger partial charge in [-0.15, -0.1) is 0 Å². The van der Waals surface area contributed by atoms with Gasteiger partial charge >= 0.3 is 0 Å². The van der Waals surface area contributed by atoms with Gasteiger partial charge in [0.25, 0.3) is 5.91 Å². The monoisotopic (exact) mass is 1800 g/mol. The molecular formula is C114H118N2O18. The minimum absolute atomic E-state index is 0.0194. The van der Waals surface area contributed by atoms with Crippen molar-refractivity contribution in [2.24, 2.45) is 0 Å². The van der Waals surface area contributed by atoms with Crippen LogP contribution >= 0.6 is 0 Å². The normalized spacial score (nSPS) is 21.9. The molecule has 13 aromatic rings. The largest absolute Gasteiger partial charge is 0.497 e. The highest BCUT2D eigenvalue weighted by atomic mass is 16.7. The quantitative estimate of drug-likeness (QED) is 0.0377. The first kappa shape index (κ1) is 95.2. The Morgan fingerprint density at radius 1 is 0.261 bits per heavy atom. The van der Waals surface area contributed by atoms with Crippen LogP contribution in [0.25, 0.3) is 0 Å². The van der Waals surface area contributed by atoms with E-state index in [2.05, 4.69) is 5.32 Å². The maximum atomic E-state index is 18.6. The van der Waals surface area contributed by atoms with Crippen molar-refractivity contribution in [3.05, 3.63) is 461 Å². The van der Waals surface area contributed by atoms with E-state index < -0.39 is 109 Å². The van der Waals surface area contributed by atoms with E-state index in [1.165, 1.54) is 0 Å². The molecule has 3 aliphatic heterocycles. The minimum atomic E-state index is -1.77. The zero-order valence-corrected chi connectivity index (χ0v) is 75.5. The molecule has 134 heavy (non-hydrogen) atoms. The molecule has 3 heterocycles. The Kier molecular flexibility index (Phi) is 36.2. The summed E-state index contributed by atoms with van der Waals surface area (Å²) in [6, 6.07) is 124. The molecule has 20 nitrogen and oxygen atoms in total. The van der Waals surface area contributed by atoms with E-state index in [-0.39, 0.29) is 112 Å². The molecule has 0 saturated carbocycles. The number of methoxy groups -OCH3 is 1. The molecule has 13 aromatic carbocycles. The predicted molar refractivity (Wildman–Crippen MR) is 510 cm³/mol. The van der Waals surface area contributed by atoms with Crippen LogP contribution in [-0.4, -0.2) is 148 Å². The summed E-state index contributed by atoms with van der Waals surface area (Å²) in [5, 5.41) is 3.52. The molecule has 16 atom stereocenters. The smallest absolute Gasteiger partial charge is 0.255 e. The summed E-state index contributed by atoms with van der Waals surface area (Å²) in [7, 11) is 1.60. The van der Waals surface area contributed by atoms with Crippen LogP contribution in [0.1, 0.15) is 72.3 Å². The Hall–Kier alpha value is -12.0. The summed E-state index contributed by atoms with van der Waals surface area (Å²) < 4.78 is 116. The van der Waals surface area contributed by atoms with Gasteiger partial charge in [-0.1, -0.05) is 376 Å². The Morgan fingerprint density at radius 3 is 0.799 bits per heavy atom. The highest BCUT2D eigenvalue weighted by molar-refractivity contribution is 5.90. The zero-order chi connectivity index (χ0) is 91.3. The van der Waals surface area contributed by atoms with E-state index in [1.807, 2.05) is 388 Å². The molecule has 1 N–H and O–H groups in total. The number of amides is 2. The molecule has 0 bridgehead atoms. The first-order chi connectivity index (χ1) is 66.2. The second-order valence-electron chi connectivity index (χ2n) is 33.8. The van der Waals surface area contributed by atoms with Crippen molar-refractivity contribution in [3.63, 3.8) is 0 Å². The average Bonchev–Trinajstić information content (AvgIpc) is 0.750. The van der Waals surface area contributed by atoms with Gasteiger partial charge < -0.3 is 86.0 Å². The fourth-order valence-electron chi connectivity index (χ4n) is 17.3. The second-order valence-corrected chi connectivity index (χ2v) is 33.8. The topological polar surface area (TPSA) is 197 Å². The number of carbonyl (C=O) groups excluding carboxylic acids is 2. The number of carbonyl (C=O) groups is 2. The van der Waals surface area contributed by atoms with E-state index in [4.69, 9.17) is 75.8 Å². The SMILES string of the molecule is COc1ccc(CN(C(=O)[C@@H]2O[C@H](COCc3ccccc3)[C@@H](OCc3ccccc3)[C@H](OCc3ccccc3)[C@H]2OCc2ccccc2)C(C(=O)NC[C@@H]2O[C@H](COCc3ccccc3)[C@@H](OCc3ccccc3)[C@H](OCc3ccccc3)[C@H]2OCc2ccccc2)[C@@H]2O[C@H](COCc3ccccc3)[C@@H](OCc3ccccc3)[C@H](OCc3ccccc3)[C@H]2OCc2ccccc2)cc1. The molecule has 0 spiro atoms. The molecule has 1 unspecified atom stereocenters. The van der Waals surface area contributed by atoms with Crippen LogP contribution in [0.2, 0.25) is 0 Å². The molecule has 2 amide bonds. The van der Waals surface area contributed by atoms with Crippen LogP contribution in [0.5, 0.6) is 5.75 Å². The Morgan fingerprint density at radius 2 is 0.500 bits per heavy atom. The summed E-state index contributed by atoms with van der Waals surface area (Å²) in [5.41, 5.74) is 11.1. The van der Waals surface area contributed by atoms with Gasteiger partial charge in [-0.2, -0.15) is 0 Å². The summed E-state index contributed by atoms with van der Waals surface area (Å²) in [6.45, 7) is 0.504. The van der Waals surface area contributed by atoms with E-state index in [1.54, 1.807) is 12.0 Å². The van der Waals surface area contributed by atoms with Gasteiger partial charge in [-0.3, -0.25) is 9.59 Å². The van der Waals surface area contributed by atoms with Gasteiger partial charge in [0.2, 0.25) is 5.91 Å². The van der Waals surface area contributed by atoms with Crippen molar-refractivity contribution in [3.8, 4) is 5.75 Å². The Balaban J connectivity index is 0.886. The molecule has 3 saturated heterocycles. The van der Waals surface area contributed by atoms with Crippen molar-refractivity contribution in [2.75, 3.05) is 33.5 Å². The third-order valence-electron chi connectivity index (χ3n) is 24.2. The number of ether oxygens (including phenoxy) is 16. The van der Waals surface area contributed by atoms with E-state index in [0.29, 0.717) is 11.3 Å². The highest BCUT2D eigenvalue weighted by Crippen LogP contribution is 2.40. The van der Waals surface area contributed by atoms with Gasteiger partial charge in [0.15, 0.2) is 6.10 Å². The van der Waals surface area contributed by atoms with Gasteiger partial charge in [-0.05, 0) is 84.5 Å². The minimum Gasteiger partial charge on any atom is -0.497 e. The predicted octanol–water partition coefficient (Wildman–Crippen LogP) is 18.7.